The Balaban J connectivity index is 2.19. The number of aliphatic hydroxyl groups excluding tert-OH is 1. The van der Waals surface area contributed by atoms with E-state index in [2.05, 4.69) is 22.0 Å². The lowest BCUT2D eigenvalue weighted by atomic mass is 9.84. The van der Waals surface area contributed by atoms with Crippen molar-refractivity contribution in [1.82, 2.24) is 20.9 Å². The number of carbonyl (C=O) groups excluding carboxylic acids is 1. The first-order valence-electron chi connectivity index (χ1n) is 10.9. The molecule has 0 aliphatic heterocycles. The van der Waals surface area contributed by atoms with E-state index in [0.717, 1.165) is 6.42 Å². The van der Waals surface area contributed by atoms with Crippen LogP contribution in [0.15, 0.2) is 16.8 Å². The lowest BCUT2D eigenvalue weighted by Crippen LogP contribution is -2.45. The zero-order valence-electron chi connectivity index (χ0n) is 18.9. The number of nitrogens with zero attached hydrogens (tertiary/aromatic N) is 2. The molecule has 30 heavy (non-hydrogen) atoms. The fourth-order valence-corrected chi connectivity index (χ4v) is 4.04. The van der Waals surface area contributed by atoms with Gasteiger partial charge in [-0.05, 0) is 36.5 Å². The molecule has 0 aromatic carbocycles. The van der Waals surface area contributed by atoms with Gasteiger partial charge in [0.25, 0.3) is 0 Å². The normalized spacial score (nSPS) is 18.3. The quantitative estimate of drug-likeness (QED) is 0.426. The van der Waals surface area contributed by atoms with Gasteiger partial charge in [0.2, 0.25) is 11.8 Å². The van der Waals surface area contributed by atoms with Gasteiger partial charge in [-0.2, -0.15) is 4.98 Å². The van der Waals surface area contributed by atoms with Gasteiger partial charge in [-0.25, -0.2) is 0 Å². The molecule has 8 heteroatoms. The molecule has 4 N–H and O–H groups in total. The molecular weight excluding hydrogens is 384 g/mol. The van der Waals surface area contributed by atoms with Crippen LogP contribution in [0.1, 0.15) is 84.5 Å². The molecule has 1 fully saturated rings. The predicted molar refractivity (Wildman–Crippen MR) is 113 cm³/mol. The molecule has 8 nitrogen and oxygen atoms in total. The molecule has 0 saturated heterocycles. The third-order valence-corrected chi connectivity index (χ3v) is 5.78. The van der Waals surface area contributed by atoms with Gasteiger partial charge in [-0.15, -0.1) is 0 Å². The second kappa shape index (κ2) is 10.4. The summed E-state index contributed by atoms with van der Waals surface area (Å²) < 4.78 is 5.49. The van der Waals surface area contributed by atoms with E-state index in [9.17, 15) is 9.90 Å². The van der Waals surface area contributed by atoms with Gasteiger partial charge in [-0.3, -0.25) is 15.5 Å². The van der Waals surface area contributed by atoms with Crippen molar-refractivity contribution >= 4 is 5.91 Å². The largest absolute Gasteiger partial charge is 0.386 e. The van der Waals surface area contributed by atoms with Crippen molar-refractivity contribution < 1.29 is 19.6 Å². The first-order valence-corrected chi connectivity index (χ1v) is 10.9. The Morgan fingerprint density at radius 1 is 1.30 bits per heavy atom. The molecule has 1 aliphatic carbocycles. The van der Waals surface area contributed by atoms with Gasteiger partial charge in [0.1, 0.15) is 6.10 Å². The predicted octanol–water partition coefficient (Wildman–Crippen LogP) is 3.52. The Labute approximate surface area is 179 Å². The number of amides is 1. The van der Waals surface area contributed by atoms with E-state index in [1.165, 1.54) is 25.7 Å². The molecule has 1 aliphatic rings. The molecule has 1 amide bonds. The van der Waals surface area contributed by atoms with E-state index in [1.807, 2.05) is 40.1 Å². The Morgan fingerprint density at radius 3 is 2.47 bits per heavy atom. The number of hydrogen-bond acceptors (Lipinski definition) is 7. The summed E-state index contributed by atoms with van der Waals surface area (Å²) in [6.07, 6.45) is 4.86. The summed E-state index contributed by atoms with van der Waals surface area (Å²) in [4.78, 5) is 17.7. The van der Waals surface area contributed by atoms with Gasteiger partial charge in [-0.1, -0.05) is 59.2 Å². The van der Waals surface area contributed by atoms with Crippen LogP contribution >= 0.6 is 0 Å². The maximum atomic E-state index is 13.1. The molecule has 0 spiro atoms. The van der Waals surface area contributed by atoms with E-state index in [4.69, 9.17) is 9.73 Å². The van der Waals surface area contributed by atoms with Gasteiger partial charge < -0.3 is 14.9 Å². The highest BCUT2D eigenvalue weighted by Crippen LogP contribution is 2.33. The zero-order chi connectivity index (χ0) is 22.5. The highest BCUT2D eigenvalue weighted by Gasteiger charge is 2.37. The van der Waals surface area contributed by atoms with E-state index >= 15 is 0 Å². The van der Waals surface area contributed by atoms with Gasteiger partial charge in [0, 0.05) is 6.42 Å². The molecule has 0 unspecified atom stereocenters. The van der Waals surface area contributed by atoms with Crippen molar-refractivity contribution in [3.8, 4) is 0 Å². The molecule has 1 heterocycles. The Hall–Kier alpha value is -1.93. The van der Waals surface area contributed by atoms with E-state index in [1.54, 1.807) is 0 Å². The topological polar surface area (TPSA) is 121 Å². The van der Waals surface area contributed by atoms with Crippen LogP contribution < -0.4 is 10.8 Å². The van der Waals surface area contributed by atoms with E-state index < -0.39 is 18.1 Å². The second-order valence-electron chi connectivity index (χ2n) is 10.0. The summed E-state index contributed by atoms with van der Waals surface area (Å²) in [5.74, 6) is 0.695. The monoisotopic (exact) mass is 422 g/mol. The first kappa shape index (κ1) is 24.3. The smallest absolute Gasteiger partial charge is 0.226 e. The van der Waals surface area contributed by atoms with Gasteiger partial charge in [0.05, 0.1) is 17.7 Å². The molecule has 2 rings (SSSR count). The van der Waals surface area contributed by atoms with Crippen LogP contribution in [0.2, 0.25) is 0 Å². The maximum Gasteiger partial charge on any atom is 0.226 e. The van der Waals surface area contributed by atoms with Crippen molar-refractivity contribution in [1.29, 1.82) is 0 Å². The number of rotatable bonds is 10. The molecule has 0 radical (unpaired) electrons. The van der Waals surface area contributed by atoms with Crippen LogP contribution in [0, 0.1) is 23.2 Å². The van der Waals surface area contributed by atoms with Crippen molar-refractivity contribution in [3.05, 3.63) is 24.0 Å². The molecule has 0 bridgehead atoms. The lowest BCUT2D eigenvalue weighted by Gasteiger charge is -2.32. The third-order valence-electron chi connectivity index (χ3n) is 5.78. The number of aromatic nitrogens is 2. The summed E-state index contributed by atoms with van der Waals surface area (Å²) >= 11 is 0. The molecular formula is C22H38N4O4. The summed E-state index contributed by atoms with van der Waals surface area (Å²) in [7, 11) is 0. The van der Waals surface area contributed by atoms with Gasteiger partial charge in [0.15, 0.2) is 5.82 Å². The Morgan fingerprint density at radius 2 is 1.93 bits per heavy atom. The summed E-state index contributed by atoms with van der Waals surface area (Å²) in [6.45, 7) is 13.5. The number of aliphatic hydroxyl groups is 1. The molecule has 1 aromatic rings. The van der Waals surface area contributed by atoms with Crippen LogP contribution in [0.25, 0.3) is 0 Å². The minimum Gasteiger partial charge on any atom is -0.386 e. The summed E-state index contributed by atoms with van der Waals surface area (Å²) in [5, 5.41) is 26.8. The molecule has 1 aromatic heterocycles. The van der Waals surface area contributed by atoms with E-state index in [0.29, 0.717) is 24.1 Å². The maximum absolute atomic E-state index is 13.1. The minimum absolute atomic E-state index is 0.0125. The Kier molecular flexibility index (Phi) is 8.43. The number of hydroxylamine groups is 1. The van der Waals surface area contributed by atoms with Crippen LogP contribution in [0.5, 0.6) is 0 Å². The fraction of sp³-hybridized carbons (Fsp3) is 0.773. The number of carbonyl (C=O) groups is 1. The standard InChI is InChI=1S/C22H38N4O4/c1-13(2)11-16(18(27)14(3)25-29)21(28)24-19(22(4,5)6)20-23-17(30-26-20)12-15-9-7-8-10-15/h13,15-16,18-19,25,27,29H,3,7-12H2,1-2,4-6H3,(H,24,28)/t16-,18-,19-/m1/s1. The average molecular weight is 423 g/mol. The number of nitrogens with one attached hydrogen (secondary N) is 2. The van der Waals surface area contributed by atoms with Crippen molar-refractivity contribution in [2.75, 3.05) is 0 Å². The van der Waals surface area contributed by atoms with Crippen LogP contribution in [0.3, 0.4) is 0 Å². The SMILES string of the molecule is C=C(NO)[C@@H](O)[C@@H](CC(C)C)C(=O)N[C@H](c1noc(CC2CCCC2)n1)C(C)(C)C. The molecule has 1 saturated carbocycles. The summed E-state index contributed by atoms with van der Waals surface area (Å²) in [5.41, 5.74) is 1.48. The van der Waals surface area contributed by atoms with Crippen LogP contribution in [0.4, 0.5) is 0 Å². The van der Waals surface area contributed by atoms with Crippen molar-refractivity contribution in [3.63, 3.8) is 0 Å². The third kappa shape index (κ3) is 6.54. The van der Waals surface area contributed by atoms with Crippen LogP contribution in [-0.4, -0.2) is 32.5 Å². The average Bonchev–Trinajstić information content (AvgIpc) is 3.34. The molecule has 170 valence electrons. The highest BCUT2D eigenvalue weighted by molar-refractivity contribution is 5.80. The highest BCUT2D eigenvalue weighted by atomic mass is 16.5. The zero-order valence-corrected chi connectivity index (χ0v) is 18.9. The first-order chi connectivity index (χ1) is 14.0. The summed E-state index contributed by atoms with van der Waals surface area (Å²) in [6, 6.07) is -0.483. The number of hydrogen-bond donors (Lipinski definition) is 4. The minimum atomic E-state index is -1.22. The lowest BCUT2D eigenvalue weighted by molar-refractivity contribution is -0.130. The van der Waals surface area contributed by atoms with Crippen molar-refractivity contribution in [2.45, 2.75) is 85.3 Å². The van der Waals surface area contributed by atoms with E-state index in [-0.39, 0.29) is 22.9 Å². The second-order valence-corrected chi connectivity index (χ2v) is 10.0. The van der Waals surface area contributed by atoms with Crippen molar-refractivity contribution in [2.24, 2.45) is 23.2 Å². The van der Waals surface area contributed by atoms with Crippen LogP contribution in [-0.2, 0) is 11.2 Å². The Bertz CT molecular complexity index is 704. The fourth-order valence-electron chi connectivity index (χ4n) is 4.04. The van der Waals surface area contributed by atoms with Gasteiger partial charge >= 0.3 is 0 Å². The molecule has 3 atom stereocenters.